The highest BCUT2D eigenvalue weighted by Gasteiger charge is 2.51. The molecule has 12 aromatic rings. The summed E-state index contributed by atoms with van der Waals surface area (Å²) in [5, 5.41) is 2.47. The first kappa shape index (κ1) is 39.1. The Morgan fingerprint density at radius 3 is 1.53 bits per heavy atom. The van der Waals surface area contributed by atoms with Gasteiger partial charge in [0.1, 0.15) is 0 Å². The maximum atomic E-state index is 2.55. The first-order valence-corrected chi connectivity index (χ1v) is 24.4. The molecule has 0 atom stereocenters. The lowest BCUT2D eigenvalue weighted by Gasteiger charge is -2.39. The molecule has 11 aromatic carbocycles. The van der Waals surface area contributed by atoms with Crippen molar-refractivity contribution in [1.29, 1.82) is 0 Å². The van der Waals surface area contributed by atoms with Gasteiger partial charge in [0.15, 0.2) is 0 Å². The van der Waals surface area contributed by atoms with Crippen LogP contribution in [0.5, 0.6) is 0 Å². The average Bonchev–Trinajstić information content (AvgIpc) is 4.05. The third-order valence-electron chi connectivity index (χ3n) is 15.8. The molecule has 0 fully saturated rings. The highest BCUT2D eigenvalue weighted by Crippen LogP contribution is 2.62. The van der Waals surface area contributed by atoms with E-state index in [1.807, 2.05) is 0 Å². The minimum atomic E-state index is -0.536. The van der Waals surface area contributed by atoms with Gasteiger partial charge >= 0.3 is 0 Å². The number of aromatic nitrogens is 1. The van der Waals surface area contributed by atoms with Crippen molar-refractivity contribution in [3.63, 3.8) is 0 Å². The Balaban J connectivity index is 1.03. The molecule has 0 bridgehead atoms. The Morgan fingerprint density at radius 1 is 0.314 bits per heavy atom. The van der Waals surface area contributed by atoms with E-state index < -0.39 is 10.8 Å². The molecule has 0 N–H and O–H groups in total. The number of hydrogen-bond acceptors (Lipinski definition) is 1. The fraction of sp³-hybridized carbons (Fsp3) is 0.0294. The molecule has 1 spiro atoms. The van der Waals surface area contributed by atoms with E-state index in [0.29, 0.717) is 0 Å². The van der Waals surface area contributed by atoms with E-state index in [1.165, 1.54) is 105 Å². The van der Waals surface area contributed by atoms with Gasteiger partial charge in [0.2, 0.25) is 0 Å². The van der Waals surface area contributed by atoms with Gasteiger partial charge in [0.25, 0.3) is 0 Å². The zero-order chi connectivity index (χ0) is 46.0. The van der Waals surface area contributed by atoms with E-state index in [1.54, 1.807) is 0 Å². The third kappa shape index (κ3) is 5.07. The largest absolute Gasteiger partial charge is 0.310 e. The predicted octanol–water partition coefficient (Wildman–Crippen LogP) is 17.0. The molecule has 0 unspecified atom stereocenters. The second-order valence-corrected chi connectivity index (χ2v) is 19.1. The second-order valence-electron chi connectivity index (χ2n) is 19.1. The van der Waals surface area contributed by atoms with E-state index in [9.17, 15) is 0 Å². The molecule has 2 heteroatoms. The smallest absolute Gasteiger partial charge is 0.0754 e. The molecule has 0 saturated carbocycles. The number of fused-ring (bicyclic) bond motifs is 15. The summed E-state index contributed by atoms with van der Waals surface area (Å²) in [7, 11) is 0. The van der Waals surface area contributed by atoms with Crippen LogP contribution in [0.15, 0.2) is 267 Å². The van der Waals surface area contributed by atoms with E-state index in [4.69, 9.17) is 0 Å². The van der Waals surface area contributed by atoms with E-state index in [0.717, 1.165) is 17.1 Å². The number of anilines is 3. The minimum Gasteiger partial charge on any atom is -0.310 e. The van der Waals surface area contributed by atoms with Crippen molar-refractivity contribution in [2.45, 2.75) is 10.8 Å². The Bertz CT molecular complexity index is 3980. The van der Waals surface area contributed by atoms with Gasteiger partial charge in [-0.15, -0.1) is 0 Å². The molecule has 3 aliphatic rings. The third-order valence-corrected chi connectivity index (χ3v) is 15.8. The number of nitrogens with zero attached hydrogens (tertiary/aromatic N) is 2. The van der Waals surface area contributed by atoms with Gasteiger partial charge in [0, 0.05) is 27.7 Å². The molecule has 15 rings (SSSR count). The summed E-state index contributed by atoms with van der Waals surface area (Å²) in [5.74, 6) is 0. The van der Waals surface area contributed by atoms with Crippen LogP contribution in [0.4, 0.5) is 17.1 Å². The molecule has 2 heterocycles. The Hall–Kier alpha value is -8.98. The highest BCUT2D eigenvalue weighted by atomic mass is 15.1. The van der Waals surface area contributed by atoms with Crippen molar-refractivity contribution in [3.05, 3.63) is 311 Å². The molecule has 2 nitrogen and oxygen atoms in total. The number of rotatable bonds is 6. The van der Waals surface area contributed by atoms with Crippen LogP contribution >= 0.6 is 0 Å². The van der Waals surface area contributed by atoms with Crippen molar-refractivity contribution in [1.82, 2.24) is 4.57 Å². The fourth-order valence-electron chi connectivity index (χ4n) is 13.2. The van der Waals surface area contributed by atoms with Gasteiger partial charge in [-0.1, -0.05) is 224 Å². The fourth-order valence-corrected chi connectivity index (χ4v) is 13.2. The van der Waals surface area contributed by atoms with E-state index in [2.05, 4.69) is 276 Å². The molecule has 1 aliphatic heterocycles. The van der Waals surface area contributed by atoms with Crippen molar-refractivity contribution >= 4 is 38.9 Å². The molecule has 0 radical (unpaired) electrons. The zero-order valence-corrected chi connectivity index (χ0v) is 38.3. The lowest BCUT2D eigenvalue weighted by atomic mass is 9.65. The van der Waals surface area contributed by atoms with Crippen molar-refractivity contribution in [3.8, 4) is 39.1 Å². The second kappa shape index (κ2) is 14.8. The summed E-state index contributed by atoms with van der Waals surface area (Å²) < 4.78 is 2.55. The minimum absolute atomic E-state index is 0.470. The van der Waals surface area contributed by atoms with Crippen LogP contribution in [0.2, 0.25) is 0 Å². The summed E-state index contributed by atoms with van der Waals surface area (Å²) >= 11 is 0. The van der Waals surface area contributed by atoms with Gasteiger partial charge in [-0.25, -0.2) is 0 Å². The first-order chi connectivity index (χ1) is 34.8. The Morgan fingerprint density at radius 2 is 0.829 bits per heavy atom. The normalized spacial score (nSPS) is 13.9. The summed E-state index contributed by atoms with van der Waals surface area (Å²) in [5.41, 5.74) is 23.9. The summed E-state index contributed by atoms with van der Waals surface area (Å²) in [6, 6.07) is 99.7. The maximum absolute atomic E-state index is 2.55. The standard InChI is InChI=1S/C68H44N2/c1-4-21-45(22-5-1)46-23-18-28-49(43-46)69(64-40-20-37-60-65(64)54-31-12-15-35-58(54)67(60,47-24-6-2-7-25-47)48-26-8-3-9-27-48)50-41-42-62-55(44-50)53-32-19-38-61-66(53)70(62)63-39-17-16-36-59(63)68(61)56-33-13-10-29-51(56)52-30-11-14-34-57(52)68/h1-44H. The van der Waals surface area contributed by atoms with Gasteiger partial charge in [-0.3, -0.25) is 0 Å². The van der Waals surface area contributed by atoms with Crippen LogP contribution in [0.1, 0.15) is 44.5 Å². The molecule has 1 aromatic heterocycles. The predicted molar refractivity (Wildman–Crippen MR) is 289 cm³/mol. The SMILES string of the molecule is c1ccc(-c2cccc(N(c3ccc4c(c3)c3cccc5c3n4-c3ccccc3C53c4ccccc4-c4ccccc43)c3cccc4c3-c3ccccc3C4(c3ccccc3)c3ccccc3)c2)cc1. The van der Waals surface area contributed by atoms with E-state index in [-0.39, 0.29) is 0 Å². The van der Waals surface area contributed by atoms with Crippen molar-refractivity contribution < 1.29 is 0 Å². The number of para-hydroxylation sites is 2. The number of hydrogen-bond donors (Lipinski definition) is 0. The highest BCUT2D eigenvalue weighted by molar-refractivity contribution is 6.14. The number of benzene rings is 11. The molecular weight excluding hydrogens is 845 g/mol. The molecule has 0 saturated heterocycles. The topological polar surface area (TPSA) is 8.17 Å². The lowest BCUT2D eigenvalue weighted by Crippen LogP contribution is -2.33. The molecule has 2 aliphatic carbocycles. The zero-order valence-electron chi connectivity index (χ0n) is 38.3. The van der Waals surface area contributed by atoms with Crippen LogP contribution < -0.4 is 4.90 Å². The van der Waals surface area contributed by atoms with Crippen molar-refractivity contribution in [2.75, 3.05) is 4.90 Å². The molecular formula is C68H44N2. The van der Waals surface area contributed by atoms with Crippen LogP contribution in [0, 0.1) is 0 Å². The average molecular weight is 889 g/mol. The first-order valence-electron chi connectivity index (χ1n) is 24.4. The van der Waals surface area contributed by atoms with Crippen LogP contribution in [-0.4, -0.2) is 4.57 Å². The van der Waals surface area contributed by atoms with Gasteiger partial charge in [-0.2, -0.15) is 0 Å². The quantitative estimate of drug-likeness (QED) is 0.161. The van der Waals surface area contributed by atoms with E-state index >= 15 is 0 Å². The maximum Gasteiger partial charge on any atom is 0.0754 e. The molecule has 70 heavy (non-hydrogen) atoms. The van der Waals surface area contributed by atoms with Crippen molar-refractivity contribution in [2.24, 2.45) is 0 Å². The van der Waals surface area contributed by atoms with Gasteiger partial charge in [-0.05, 0) is 115 Å². The van der Waals surface area contributed by atoms with Gasteiger partial charge in [0.05, 0.1) is 33.2 Å². The summed E-state index contributed by atoms with van der Waals surface area (Å²) in [6.45, 7) is 0. The Labute approximate surface area is 407 Å². The van der Waals surface area contributed by atoms with Crippen LogP contribution in [0.25, 0.3) is 60.9 Å². The van der Waals surface area contributed by atoms with Crippen LogP contribution in [-0.2, 0) is 10.8 Å². The van der Waals surface area contributed by atoms with Gasteiger partial charge < -0.3 is 9.47 Å². The molecule has 326 valence electrons. The molecule has 0 amide bonds. The monoisotopic (exact) mass is 888 g/mol. The summed E-state index contributed by atoms with van der Waals surface area (Å²) in [6.07, 6.45) is 0. The van der Waals surface area contributed by atoms with Crippen LogP contribution in [0.3, 0.4) is 0 Å². The summed E-state index contributed by atoms with van der Waals surface area (Å²) in [4.78, 5) is 2.53. The lowest BCUT2D eigenvalue weighted by molar-refractivity contribution is 0.748. The Kier molecular flexibility index (Phi) is 8.24.